The van der Waals surface area contributed by atoms with Crippen molar-refractivity contribution in [3.63, 3.8) is 0 Å². The highest BCUT2D eigenvalue weighted by Crippen LogP contribution is 2.41. The van der Waals surface area contributed by atoms with Crippen LogP contribution in [0.15, 0.2) is 0 Å². The van der Waals surface area contributed by atoms with Gasteiger partial charge in [-0.3, -0.25) is 0 Å². The molecule has 0 heterocycles. The van der Waals surface area contributed by atoms with Crippen molar-refractivity contribution in [2.75, 3.05) is 6.61 Å². The largest absolute Gasteiger partial charge is 0.378 e. The Morgan fingerprint density at radius 2 is 1.07 bits per heavy atom. The molecular weight excluding hydrogens is 328 g/mol. The summed E-state index contributed by atoms with van der Waals surface area (Å²) >= 11 is 0. The first-order valence-electron chi connectivity index (χ1n) is 12.9. The van der Waals surface area contributed by atoms with Crippen molar-refractivity contribution in [2.45, 2.75) is 142 Å². The average Bonchev–Trinajstić information content (AvgIpc) is 2.71. The highest BCUT2D eigenvalue weighted by Gasteiger charge is 2.30. The molecule has 0 aromatic carbocycles. The molecule has 27 heavy (non-hydrogen) atoms. The molecule has 0 aliphatic heterocycles. The smallest absolute Gasteiger partial charge is 0.0575 e. The zero-order valence-corrected chi connectivity index (χ0v) is 18.9. The Labute approximate surface area is 171 Å². The van der Waals surface area contributed by atoms with Crippen molar-refractivity contribution in [3.8, 4) is 0 Å². The monoisotopic (exact) mass is 378 g/mol. The summed E-state index contributed by atoms with van der Waals surface area (Å²) < 4.78 is 6.22. The van der Waals surface area contributed by atoms with E-state index in [9.17, 15) is 0 Å². The maximum atomic E-state index is 6.22. The molecule has 2 rings (SSSR count). The molecule has 160 valence electrons. The SMILES string of the molecule is CCCCCCCCCO[C@H]1CC[C@H]([C@H]2CC[C@H](CCCCC)CC2)CC1. The molecule has 0 atom stereocenters. The zero-order chi connectivity index (χ0) is 19.2. The fourth-order valence-corrected chi connectivity index (χ4v) is 5.67. The van der Waals surface area contributed by atoms with Gasteiger partial charge in [0.15, 0.2) is 0 Å². The van der Waals surface area contributed by atoms with Gasteiger partial charge in [-0.2, -0.15) is 0 Å². The predicted octanol–water partition coefficient (Wildman–Crippen LogP) is 8.70. The summed E-state index contributed by atoms with van der Waals surface area (Å²) in [4.78, 5) is 0. The summed E-state index contributed by atoms with van der Waals surface area (Å²) in [5, 5.41) is 0. The summed E-state index contributed by atoms with van der Waals surface area (Å²) in [5.74, 6) is 3.14. The molecule has 1 nitrogen and oxygen atoms in total. The van der Waals surface area contributed by atoms with Crippen LogP contribution in [0.3, 0.4) is 0 Å². The Morgan fingerprint density at radius 3 is 1.70 bits per heavy atom. The second-order valence-electron chi connectivity index (χ2n) is 9.81. The van der Waals surface area contributed by atoms with E-state index in [4.69, 9.17) is 4.74 Å². The number of hydrogen-bond acceptors (Lipinski definition) is 1. The normalized spacial score (nSPS) is 29.1. The molecule has 2 saturated carbocycles. The number of rotatable bonds is 14. The molecule has 0 spiro atoms. The second kappa shape index (κ2) is 14.9. The van der Waals surface area contributed by atoms with Gasteiger partial charge in [0.25, 0.3) is 0 Å². The molecule has 0 bridgehead atoms. The third kappa shape index (κ3) is 9.82. The van der Waals surface area contributed by atoms with Crippen LogP contribution in [0.5, 0.6) is 0 Å². The van der Waals surface area contributed by atoms with Crippen LogP contribution in [-0.2, 0) is 4.74 Å². The first kappa shape index (κ1) is 23.2. The van der Waals surface area contributed by atoms with Gasteiger partial charge in [0.05, 0.1) is 6.10 Å². The Kier molecular flexibility index (Phi) is 12.8. The molecule has 0 N–H and O–H groups in total. The topological polar surface area (TPSA) is 9.23 Å². The van der Waals surface area contributed by atoms with Gasteiger partial charge in [-0.05, 0) is 62.7 Å². The molecule has 0 aromatic rings. The molecule has 0 unspecified atom stereocenters. The highest BCUT2D eigenvalue weighted by molar-refractivity contribution is 4.82. The summed E-state index contributed by atoms with van der Waals surface area (Å²) in [5.41, 5.74) is 0. The minimum Gasteiger partial charge on any atom is -0.378 e. The molecule has 2 aliphatic carbocycles. The lowest BCUT2D eigenvalue weighted by atomic mass is 9.70. The van der Waals surface area contributed by atoms with Gasteiger partial charge in [-0.25, -0.2) is 0 Å². The minimum absolute atomic E-state index is 0.590. The Bertz CT molecular complexity index is 323. The molecule has 1 heteroatoms. The zero-order valence-electron chi connectivity index (χ0n) is 18.9. The molecule has 0 radical (unpaired) electrons. The van der Waals surface area contributed by atoms with Crippen LogP contribution >= 0.6 is 0 Å². The lowest BCUT2D eigenvalue weighted by molar-refractivity contribution is 0.00526. The number of hydrogen-bond donors (Lipinski definition) is 0. The maximum Gasteiger partial charge on any atom is 0.0575 e. The molecule has 2 fully saturated rings. The van der Waals surface area contributed by atoms with E-state index in [1.54, 1.807) is 0 Å². The molecule has 2 aliphatic rings. The highest BCUT2D eigenvalue weighted by atomic mass is 16.5. The average molecular weight is 379 g/mol. The van der Waals surface area contributed by atoms with Crippen molar-refractivity contribution in [1.29, 1.82) is 0 Å². The maximum absolute atomic E-state index is 6.22. The fourth-order valence-electron chi connectivity index (χ4n) is 5.67. The van der Waals surface area contributed by atoms with Crippen molar-refractivity contribution in [1.82, 2.24) is 0 Å². The second-order valence-corrected chi connectivity index (χ2v) is 9.81. The molecule has 0 amide bonds. The van der Waals surface area contributed by atoms with Gasteiger partial charge in [0, 0.05) is 6.61 Å². The van der Waals surface area contributed by atoms with Crippen LogP contribution in [0.1, 0.15) is 136 Å². The van der Waals surface area contributed by atoms with E-state index < -0.39 is 0 Å². The van der Waals surface area contributed by atoms with Crippen LogP contribution in [0.4, 0.5) is 0 Å². The van der Waals surface area contributed by atoms with Crippen molar-refractivity contribution >= 4 is 0 Å². The van der Waals surface area contributed by atoms with Gasteiger partial charge in [-0.15, -0.1) is 0 Å². The van der Waals surface area contributed by atoms with E-state index in [0.29, 0.717) is 6.10 Å². The van der Waals surface area contributed by atoms with Gasteiger partial charge in [0.2, 0.25) is 0 Å². The molecular formula is C26H50O. The summed E-state index contributed by atoms with van der Waals surface area (Å²) in [6.45, 7) is 5.64. The van der Waals surface area contributed by atoms with Crippen LogP contribution in [0.25, 0.3) is 0 Å². The number of unbranched alkanes of at least 4 members (excludes halogenated alkanes) is 8. The Hall–Kier alpha value is -0.0400. The third-order valence-electron chi connectivity index (χ3n) is 7.59. The van der Waals surface area contributed by atoms with Crippen LogP contribution in [-0.4, -0.2) is 12.7 Å². The first-order valence-corrected chi connectivity index (χ1v) is 12.9. The third-order valence-corrected chi connectivity index (χ3v) is 7.59. The summed E-state index contributed by atoms with van der Waals surface area (Å²) in [6.07, 6.45) is 27.8. The Morgan fingerprint density at radius 1 is 0.556 bits per heavy atom. The van der Waals surface area contributed by atoms with Crippen LogP contribution in [0, 0.1) is 17.8 Å². The van der Waals surface area contributed by atoms with E-state index in [1.165, 1.54) is 122 Å². The molecule has 0 saturated heterocycles. The predicted molar refractivity (Wildman–Crippen MR) is 119 cm³/mol. The van der Waals surface area contributed by atoms with E-state index in [-0.39, 0.29) is 0 Å². The minimum atomic E-state index is 0.590. The summed E-state index contributed by atoms with van der Waals surface area (Å²) in [7, 11) is 0. The number of ether oxygens (including phenoxy) is 1. The fraction of sp³-hybridized carbons (Fsp3) is 1.00. The lowest BCUT2D eigenvalue weighted by Gasteiger charge is -2.38. The van der Waals surface area contributed by atoms with E-state index in [2.05, 4.69) is 13.8 Å². The van der Waals surface area contributed by atoms with Crippen molar-refractivity contribution in [2.24, 2.45) is 17.8 Å². The Balaban J connectivity index is 1.46. The van der Waals surface area contributed by atoms with E-state index >= 15 is 0 Å². The lowest BCUT2D eigenvalue weighted by Crippen LogP contribution is -2.28. The van der Waals surface area contributed by atoms with Gasteiger partial charge < -0.3 is 4.74 Å². The standard InChI is InChI=1S/C26H50O/c1-3-5-7-8-9-10-12-22-27-26-20-18-25(19-21-26)24-16-14-23(15-17-24)13-11-6-4-2/h23-26H,3-22H2,1-2H3/t23-,24-,25-,26-. The van der Waals surface area contributed by atoms with Gasteiger partial charge in [0.1, 0.15) is 0 Å². The van der Waals surface area contributed by atoms with Crippen LogP contribution in [0.2, 0.25) is 0 Å². The van der Waals surface area contributed by atoms with E-state index in [0.717, 1.165) is 24.4 Å². The molecule has 0 aromatic heterocycles. The first-order chi connectivity index (χ1) is 13.3. The quantitative estimate of drug-likeness (QED) is 0.275. The van der Waals surface area contributed by atoms with Gasteiger partial charge in [-0.1, -0.05) is 90.9 Å². The van der Waals surface area contributed by atoms with Crippen LogP contribution < -0.4 is 0 Å². The van der Waals surface area contributed by atoms with Gasteiger partial charge >= 0.3 is 0 Å². The van der Waals surface area contributed by atoms with Crippen molar-refractivity contribution < 1.29 is 4.74 Å². The van der Waals surface area contributed by atoms with E-state index in [1.807, 2.05) is 0 Å². The summed E-state index contributed by atoms with van der Waals surface area (Å²) in [6, 6.07) is 0. The van der Waals surface area contributed by atoms with Crippen molar-refractivity contribution in [3.05, 3.63) is 0 Å².